The van der Waals surface area contributed by atoms with Gasteiger partial charge in [0.1, 0.15) is 0 Å². The molecule has 4 N–H and O–H groups in total. The Hall–Kier alpha value is -1.94. The van der Waals surface area contributed by atoms with Crippen molar-refractivity contribution in [2.24, 2.45) is 5.73 Å². The number of amides is 1. The molecular weight excluding hydrogens is 256 g/mol. The molecule has 0 aliphatic carbocycles. The summed E-state index contributed by atoms with van der Waals surface area (Å²) in [4.78, 5) is 12.2. The maximum atomic E-state index is 11.4. The van der Waals surface area contributed by atoms with E-state index in [4.69, 9.17) is 11.5 Å². The molecule has 2 rings (SSSR count). The van der Waals surface area contributed by atoms with E-state index < -0.39 is 5.91 Å². The van der Waals surface area contributed by atoms with Crippen LogP contribution in [0, 0.1) is 6.92 Å². The summed E-state index contributed by atoms with van der Waals surface area (Å²) in [7, 11) is 0. The van der Waals surface area contributed by atoms with Crippen molar-refractivity contribution < 1.29 is 4.79 Å². The van der Waals surface area contributed by atoms with E-state index in [0.29, 0.717) is 11.3 Å². The topological polar surface area (TPSA) is 69.1 Å². The molecule has 0 atom stereocenters. The van der Waals surface area contributed by atoms with Crippen LogP contribution in [0.15, 0.2) is 47.4 Å². The molecule has 0 saturated carbocycles. The average molecular weight is 272 g/mol. The normalized spacial score (nSPS) is 10.4. The second-order valence-electron chi connectivity index (χ2n) is 4.30. The Balaban J connectivity index is 2.25. The van der Waals surface area contributed by atoms with Crippen LogP contribution in [0.2, 0.25) is 0 Å². The maximum Gasteiger partial charge on any atom is 0.249 e. The van der Waals surface area contributed by atoms with Gasteiger partial charge in [0.05, 0.1) is 5.56 Å². The lowest BCUT2D eigenvalue weighted by atomic mass is 10.1. The molecule has 0 fully saturated rings. The van der Waals surface area contributed by atoms with E-state index in [1.807, 2.05) is 12.1 Å². The van der Waals surface area contributed by atoms with Crippen molar-refractivity contribution in [1.29, 1.82) is 0 Å². The van der Waals surface area contributed by atoms with Gasteiger partial charge in [0, 0.05) is 16.3 Å². The Morgan fingerprint density at radius 2 is 1.89 bits per heavy atom. The van der Waals surface area contributed by atoms with E-state index in [1.54, 1.807) is 30.0 Å². The van der Waals surface area contributed by atoms with Gasteiger partial charge in [-0.05, 0) is 30.2 Å². The monoisotopic (exact) mass is 272 g/mol. The summed E-state index contributed by atoms with van der Waals surface area (Å²) in [5.74, 6) is 0.320. The summed E-state index contributed by atoms with van der Waals surface area (Å²) in [5.41, 5.74) is 14.8. The smallest absolute Gasteiger partial charge is 0.249 e. The summed E-state index contributed by atoms with van der Waals surface area (Å²) in [6, 6.07) is 13.4. The molecule has 0 saturated heterocycles. The Labute approximate surface area is 117 Å². The van der Waals surface area contributed by atoms with Crippen molar-refractivity contribution >= 4 is 23.4 Å². The standard InChI is InChI=1S/C15H16N2OS/c1-10-5-2-3-6-11(10)9-19-14-12(15(17)18)7-4-8-13(14)16/h2-8H,9,16H2,1H3,(H2,17,18). The lowest BCUT2D eigenvalue weighted by Gasteiger charge is -2.10. The average Bonchev–Trinajstić information content (AvgIpc) is 2.38. The van der Waals surface area contributed by atoms with Crippen LogP contribution in [0.5, 0.6) is 0 Å². The molecular formula is C15H16N2OS. The van der Waals surface area contributed by atoms with Crippen LogP contribution in [-0.2, 0) is 5.75 Å². The highest BCUT2D eigenvalue weighted by molar-refractivity contribution is 7.98. The number of aryl methyl sites for hydroxylation is 1. The molecule has 0 spiro atoms. The number of rotatable bonds is 4. The molecule has 0 aliphatic rings. The molecule has 0 bridgehead atoms. The number of hydrogen-bond acceptors (Lipinski definition) is 3. The zero-order valence-corrected chi connectivity index (χ0v) is 11.5. The van der Waals surface area contributed by atoms with E-state index in [0.717, 1.165) is 10.6 Å². The van der Waals surface area contributed by atoms with Gasteiger partial charge in [0.25, 0.3) is 0 Å². The van der Waals surface area contributed by atoms with E-state index in [9.17, 15) is 4.79 Å². The molecule has 1 amide bonds. The Bertz CT molecular complexity index is 611. The molecule has 19 heavy (non-hydrogen) atoms. The Morgan fingerprint density at radius 3 is 2.58 bits per heavy atom. The lowest BCUT2D eigenvalue weighted by Crippen LogP contribution is -2.13. The number of hydrogen-bond donors (Lipinski definition) is 2. The summed E-state index contributed by atoms with van der Waals surface area (Å²) in [6.45, 7) is 2.07. The second-order valence-corrected chi connectivity index (χ2v) is 5.29. The largest absolute Gasteiger partial charge is 0.398 e. The van der Waals surface area contributed by atoms with Gasteiger partial charge in [-0.1, -0.05) is 30.3 Å². The summed E-state index contributed by atoms with van der Waals surface area (Å²) in [6.07, 6.45) is 0. The van der Waals surface area contributed by atoms with Crippen LogP contribution in [0.3, 0.4) is 0 Å². The zero-order chi connectivity index (χ0) is 13.8. The lowest BCUT2D eigenvalue weighted by molar-refractivity contribution is 0.0997. The van der Waals surface area contributed by atoms with Crippen LogP contribution >= 0.6 is 11.8 Å². The minimum absolute atomic E-state index is 0.445. The number of thioether (sulfide) groups is 1. The number of nitrogen functional groups attached to an aromatic ring is 1. The van der Waals surface area contributed by atoms with Crippen LogP contribution in [0.1, 0.15) is 21.5 Å². The van der Waals surface area contributed by atoms with Gasteiger partial charge in [0.2, 0.25) is 5.91 Å². The first kappa shape index (κ1) is 13.5. The van der Waals surface area contributed by atoms with Crippen LogP contribution in [-0.4, -0.2) is 5.91 Å². The van der Waals surface area contributed by atoms with Gasteiger partial charge in [-0.25, -0.2) is 0 Å². The number of nitrogens with two attached hydrogens (primary N) is 2. The summed E-state index contributed by atoms with van der Waals surface area (Å²) in [5, 5.41) is 0. The van der Waals surface area contributed by atoms with Gasteiger partial charge >= 0.3 is 0 Å². The molecule has 2 aromatic rings. The van der Waals surface area contributed by atoms with Gasteiger partial charge in [-0.2, -0.15) is 0 Å². The van der Waals surface area contributed by atoms with Crippen LogP contribution < -0.4 is 11.5 Å². The van der Waals surface area contributed by atoms with Crippen molar-refractivity contribution in [2.75, 3.05) is 5.73 Å². The van der Waals surface area contributed by atoms with Crippen molar-refractivity contribution in [3.63, 3.8) is 0 Å². The number of benzene rings is 2. The van der Waals surface area contributed by atoms with Crippen LogP contribution in [0.25, 0.3) is 0 Å². The van der Waals surface area contributed by atoms with Crippen molar-refractivity contribution in [2.45, 2.75) is 17.6 Å². The van der Waals surface area contributed by atoms with Gasteiger partial charge < -0.3 is 11.5 Å². The molecule has 0 radical (unpaired) electrons. The third-order valence-corrected chi connectivity index (χ3v) is 4.14. The predicted molar refractivity (Wildman–Crippen MR) is 80.1 cm³/mol. The van der Waals surface area contributed by atoms with E-state index in [-0.39, 0.29) is 0 Å². The third kappa shape index (κ3) is 3.09. The first-order chi connectivity index (χ1) is 9.09. The minimum Gasteiger partial charge on any atom is -0.398 e. The zero-order valence-electron chi connectivity index (χ0n) is 10.7. The number of carbonyl (C=O) groups excluding carboxylic acids is 1. The van der Waals surface area contributed by atoms with Gasteiger partial charge in [-0.15, -0.1) is 11.8 Å². The Morgan fingerprint density at radius 1 is 1.16 bits per heavy atom. The van der Waals surface area contributed by atoms with Crippen molar-refractivity contribution in [1.82, 2.24) is 0 Å². The Kier molecular flexibility index (Phi) is 4.12. The molecule has 0 aromatic heterocycles. The predicted octanol–water partition coefficient (Wildman–Crippen LogP) is 2.97. The number of carbonyl (C=O) groups is 1. The first-order valence-electron chi connectivity index (χ1n) is 5.95. The van der Waals surface area contributed by atoms with Crippen LogP contribution in [0.4, 0.5) is 5.69 Å². The fourth-order valence-electron chi connectivity index (χ4n) is 1.83. The van der Waals surface area contributed by atoms with E-state index in [2.05, 4.69) is 19.1 Å². The molecule has 3 nitrogen and oxygen atoms in total. The molecule has 0 unspecified atom stereocenters. The van der Waals surface area contributed by atoms with E-state index in [1.165, 1.54) is 11.1 Å². The highest BCUT2D eigenvalue weighted by Gasteiger charge is 2.11. The molecule has 98 valence electrons. The summed E-state index contributed by atoms with van der Waals surface area (Å²) >= 11 is 1.54. The maximum absolute atomic E-state index is 11.4. The highest BCUT2D eigenvalue weighted by atomic mass is 32.2. The highest BCUT2D eigenvalue weighted by Crippen LogP contribution is 2.32. The van der Waals surface area contributed by atoms with Crippen molar-refractivity contribution in [3.8, 4) is 0 Å². The SMILES string of the molecule is Cc1ccccc1CSc1c(N)cccc1C(N)=O. The second kappa shape index (κ2) is 5.80. The number of anilines is 1. The quantitative estimate of drug-likeness (QED) is 0.664. The minimum atomic E-state index is -0.445. The molecule has 4 heteroatoms. The van der Waals surface area contributed by atoms with Crippen molar-refractivity contribution in [3.05, 3.63) is 59.2 Å². The molecule has 2 aromatic carbocycles. The van der Waals surface area contributed by atoms with Gasteiger partial charge in [0.15, 0.2) is 0 Å². The molecule has 0 aliphatic heterocycles. The van der Waals surface area contributed by atoms with E-state index >= 15 is 0 Å². The molecule has 0 heterocycles. The fourth-order valence-corrected chi connectivity index (χ4v) is 3.01. The summed E-state index contributed by atoms with van der Waals surface area (Å²) < 4.78 is 0. The van der Waals surface area contributed by atoms with Gasteiger partial charge in [-0.3, -0.25) is 4.79 Å². The fraction of sp³-hybridized carbons (Fsp3) is 0.133. The first-order valence-corrected chi connectivity index (χ1v) is 6.93. The third-order valence-electron chi connectivity index (χ3n) is 2.94. The number of primary amides is 1.